The summed E-state index contributed by atoms with van der Waals surface area (Å²) in [4.78, 5) is 82.0. The minimum Gasteiger partial charge on any atom is -0.497 e. The van der Waals surface area contributed by atoms with E-state index in [4.69, 9.17) is 9.47 Å². The number of hydrogen-bond donors (Lipinski definition) is 0. The lowest BCUT2D eigenvalue weighted by Gasteiger charge is -2.46. The molecule has 13 nitrogen and oxygen atoms in total. The number of carbonyl (C=O) groups is 5. The summed E-state index contributed by atoms with van der Waals surface area (Å²) in [6.45, 7) is 9.14. The van der Waals surface area contributed by atoms with E-state index in [0.717, 1.165) is 16.0 Å². The first-order chi connectivity index (χ1) is 25.1. The number of rotatable bonds is 11. The van der Waals surface area contributed by atoms with Crippen LogP contribution in [0.15, 0.2) is 71.7 Å². The summed E-state index contributed by atoms with van der Waals surface area (Å²) < 4.78 is 11.1. The first kappa shape index (κ1) is 38.6. The van der Waals surface area contributed by atoms with Crippen molar-refractivity contribution >= 4 is 41.5 Å². The number of ether oxygens (including phenoxy) is 2. The summed E-state index contributed by atoms with van der Waals surface area (Å²) in [5, 5.41) is 0. The molecule has 5 amide bonds. The lowest BCUT2D eigenvalue weighted by molar-refractivity contribution is -0.173. The van der Waals surface area contributed by atoms with Gasteiger partial charge >= 0.3 is 6.09 Å². The van der Waals surface area contributed by atoms with Crippen LogP contribution in [0.5, 0.6) is 5.75 Å². The zero-order chi connectivity index (χ0) is 38.6. The van der Waals surface area contributed by atoms with Crippen molar-refractivity contribution in [3.63, 3.8) is 0 Å². The van der Waals surface area contributed by atoms with Crippen molar-refractivity contribution in [3.05, 3.63) is 89.1 Å². The van der Waals surface area contributed by atoms with Crippen LogP contribution in [0.1, 0.15) is 68.8 Å². The average Bonchev–Trinajstić information content (AvgIpc) is 3.46. The number of nitrogens with zero attached hydrogens (tertiary/aromatic N) is 6. The molecule has 280 valence electrons. The lowest BCUT2D eigenvalue weighted by atomic mass is 9.80. The molecule has 0 aliphatic carbocycles. The third-order valence-electron chi connectivity index (χ3n) is 9.43. The number of aliphatic imine (C=N–C) groups is 1. The van der Waals surface area contributed by atoms with Gasteiger partial charge < -0.3 is 9.47 Å². The van der Waals surface area contributed by atoms with Crippen molar-refractivity contribution in [1.82, 2.24) is 19.7 Å². The molecule has 0 saturated carbocycles. The number of methoxy groups -OCH3 is 1. The number of β-lactam (4-membered cyclic amide) rings is 1. The number of likely N-dealkylation sites (tertiary alicyclic amines) is 1. The smallest absolute Gasteiger partial charge is 0.416 e. The molecular formula is C40H48N6O7. The molecule has 5 rings (SSSR count). The predicted octanol–water partition coefficient (Wildman–Crippen LogP) is 5.11. The molecular weight excluding hydrogens is 676 g/mol. The van der Waals surface area contributed by atoms with Gasteiger partial charge in [-0.05, 0) is 87.4 Å². The van der Waals surface area contributed by atoms with E-state index in [1.807, 2.05) is 49.4 Å². The number of aromatic nitrogens is 1. The number of carbonyl (C=O) groups excluding carboxylic acids is 5. The van der Waals surface area contributed by atoms with Crippen molar-refractivity contribution in [2.75, 3.05) is 32.6 Å². The van der Waals surface area contributed by atoms with Gasteiger partial charge in [-0.25, -0.2) is 14.8 Å². The monoisotopic (exact) mass is 724 g/mol. The van der Waals surface area contributed by atoms with E-state index in [2.05, 4.69) is 9.98 Å². The second-order valence-electron chi connectivity index (χ2n) is 14.4. The fourth-order valence-corrected chi connectivity index (χ4v) is 6.63. The summed E-state index contributed by atoms with van der Waals surface area (Å²) in [6, 6.07) is 19.3. The van der Waals surface area contributed by atoms with E-state index < -0.39 is 41.4 Å². The molecule has 3 aromatic rings. The standard InChI is InChI=1S/C40H48N6O7/c1-9-28(29-13-11-10-12-14-29)22-33(47)46-35(37(50)44(7)38-41-23-34(48)43(38)6)31(36(46)49)20-27-19-25(2)42-32(21-27)45(39(51)53-40(3,4)5)24-26-15-17-30(52-8)18-16-26/h10-19,21,28,31,35H,9,20,22-24H2,1-8H3/t28-,31+,35-/m0/s1. The van der Waals surface area contributed by atoms with E-state index in [1.165, 1.54) is 28.8 Å². The highest BCUT2D eigenvalue weighted by Crippen LogP contribution is 2.36. The van der Waals surface area contributed by atoms with Crippen molar-refractivity contribution in [1.29, 1.82) is 0 Å². The SMILES string of the molecule is CC[C@@H](CC(=O)N1C(=O)[C@H](Cc2cc(C)nc(N(Cc3ccc(OC)cc3)C(=O)OC(C)(C)C)c2)[C@H]1C(=O)N(C)C1=NCC(=O)N1C)c1ccccc1. The Kier molecular flexibility index (Phi) is 11.6. The summed E-state index contributed by atoms with van der Waals surface area (Å²) in [6.07, 6.45) is 0.183. The van der Waals surface area contributed by atoms with E-state index in [0.29, 0.717) is 29.2 Å². The van der Waals surface area contributed by atoms with Crippen LogP contribution in [0.2, 0.25) is 0 Å². The molecule has 2 aliphatic heterocycles. The molecule has 3 atom stereocenters. The number of amides is 5. The number of pyridine rings is 1. The number of anilines is 1. The fraction of sp³-hybridized carbons (Fsp3) is 0.425. The van der Waals surface area contributed by atoms with Crippen LogP contribution in [-0.4, -0.2) is 94.8 Å². The molecule has 1 fully saturated rings. The number of likely N-dealkylation sites (N-methyl/N-ethyl adjacent to an activating group) is 2. The maximum Gasteiger partial charge on any atom is 0.416 e. The molecule has 3 heterocycles. The molecule has 0 N–H and O–H groups in total. The van der Waals surface area contributed by atoms with Gasteiger partial charge in [0, 0.05) is 26.2 Å². The molecule has 1 saturated heterocycles. The molecule has 0 radical (unpaired) electrons. The van der Waals surface area contributed by atoms with E-state index in [9.17, 15) is 24.0 Å². The molecule has 53 heavy (non-hydrogen) atoms. The highest BCUT2D eigenvalue weighted by molar-refractivity contribution is 6.14. The van der Waals surface area contributed by atoms with E-state index in [-0.39, 0.29) is 43.7 Å². The largest absolute Gasteiger partial charge is 0.497 e. The highest BCUT2D eigenvalue weighted by atomic mass is 16.6. The maximum atomic E-state index is 14.2. The Hall–Kier alpha value is -5.59. The van der Waals surface area contributed by atoms with E-state index >= 15 is 0 Å². The third-order valence-corrected chi connectivity index (χ3v) is 9.43. The third kappa shape index (κ3) is 8.73. The number of benzene rings is 2. The van der Waals surface area contributed by atoms with Gasteiger partial charge in [0.15, 0.2) is 0 Å². The first-order valence-electron chi connectivity index (χ1n) is 17.7. The Morgan fingerprint density at radius 1 is 1.00 bits per heavy atom. The molecule has 2 aromatic carbocycles. The number of guanidine groups is 1. The Morgan fingerprint density at radius 2 is 1.68 bits per heavy atom. The van der Waals surface area contributed by atoms with Gasteiger partial charge in [-0.2, -0.15) is 0 Å². The Morgan fingerprint density at radius 3 is 2.26 bits per heavy atom. The second kappa shape index (κ2) is 16.0. The topological polar surface area (TPSA) is 142 Å². The molecule has 13 heteroatoms. The van der Waals surface area contributed by atoms with Crippen LogP contribution in [0.25, 0.3) is 0 Å². The van der Waals surface area contributed by atoms with Gasteiger partial charge in [0.2, 0.25) is 17.8 Å². The Balaban J connectivity index is 1.46. The first-order valence-corrected chi connectivity index (χ1v) is 17.7. The van der Waals surface area contributed by atoms with Crippen LogP contribution >= 0.6 is 0 Å². The molecule has 0 spiro atoms. The summed E-state index contributed by atoms with van der Waals surface area (Å²) >= 11 is 0. The molecule has 0 unspecified atom stereocenters. The van der Waals surface area contributed by atoms with Crippen molar-refractivity contribution in [2.45, 2.75) is 78.0 Å². The second-order valence-corrected chi connectivity index (χ2v) is 14.4. The van der Waals surface area contributed by atoms with Crippen LogP contribution in [0.4, 0.5) is 10.6 Å². The van der Waals surface area contributed by atoms with Gasteiger partial charge in [-0.1, -0.05) is 49.4 Å². The maximum absolute atomic E-state index is 14.2. The van der Waals surface area contributed by atoms with Gasteiger partial charge in [0.05, 0.1) is 19.6 Å². The quantitative estimate of drug-likeness (QED) is 0.249. The molecule has 1 aromatic heterocycles. The van der Waals surface area contributed by atoms with Crippen LogP contribution in [-0.2, 0) is 36.9 Å². The Bertz CT molecular complexity index is 1890. The van der Waals surface area contributed by atoms with Crippen molar-refractivity contribution in [3.8, 4) is 5.75 Å². The van der Waals surface area contributed by atoms with Crippen LogP contribution < -0.4 is 9.64 Å². The lowest BCUT2D eigenvalue weighted by Crippen LogP contribution is -2.69. The highest BCUT2D eigenvalue weighted by Gasteiger charge is 2.55. The number of hydrogen-bond acceptors (Lipinski definition) is 9. The van der Waals surface area contributed by atoms with Crippen molar-refractivity contribution < 1.29 is 33.4 Å². The van der Waals surface area contributed by atoms with Crippen LogP contribution in [0.3, 0.4) is 0 Å². The average molecular weight is 725 g/mol. The number of imide groups is 1. The fourth-order valence-electron chi connectivity index (χ4n) is 6.63. The zero-order valence-corrected chi connectivity index (χ0v) is 31.7. The summed E-state index contributed by atoms with van der Waals surface area (Å²) in [5.41, 5.74) is 2.21. The van der Waals surface area contributed by atoms with Crippen molar-refractivity contribution in [2.24, 2.45) is 10.9 Å². The Labute approximate surface area is 310 Å². The minimum atomic E-state index is -1.14. The predicted molar refractivity (Wildman–Crippen MR) is 199 cm³/mol. The normalized spacial score (nSPS) is 17.5. The summed E-state index contributed by atoms with van der Waals surface area (Å²) in [5.74, 6) is -1.65. The van der Waals surface area contributed by atoms with Crippen LogP contribution in [0, 0.1) is 12.8 Å². The molecule has 0 bridgehead atoms. The van der Waals surface area contributed by atoms with Gasteiger partial charge in [0.25, 0.3) is 11.8 Å². The van der Waals surface area contributed by atoms with E-state index in [1.54, 1.807) is 59.1 Å². The van der Waals surface area contributed by atoms with Gasteiger partial charge in [0.1, 0.15) is 29.8 Å². The molecule has 2 aliphatic rings. The summed E-state index contributed by atoms with van der Waals surface area (Å²) in [7, 11) is 4.59. The zero-order valence-electron chi connectivity index (χ0n) is 31.7. The minimum absolute atomic E-state index is 0.0422. The van der Waals surface area contributed by atoms with Gasteiger partial charge in [-0.3, -0.25) is 38.8 Å². The van der Waals surface area contributed by atoms with Gasteiger partial charge in [-0.15, -0.1) is 0 Å². The number of aryl methyl sites for hydroxylation is 1.